The van der Waals surface area contributed by atoms with Crippen molar-refractivity contribution in [1.29, 1.82) is 0 Å². The van der Waals surface area contributed by atoms with Gasteiger partial charge in [0.25, 0.3) is 0 Å². The molecule has 0 spiro atoms. The number of aliphatic hydroxyl groups is 1. The van der Waals surface area contributed by atoms with Gasteiger partial charge in [-0.05, 0) is 45.7 Å². The Morgan fingerprint density at radius 1 is 1.41 bits per heavy atom. The van der Waals surface area contributed by atoms with Crippen LogP contribution in [0.15, 0.2) is 0 Å². The van der Waals surface area contributed by atoms with Crippen LogP contribution in [0.3, 0.4) is 0 Å². The number of nitrogens with one attached hydrogen (secondary N) is 1. The van der Waals surface area contributed by atoms with Crippen LogP contribution in [0.25, 0.3) is 0 Å². The second kappa shape index (κ2) is 6.69. The van der Waals surface area contributed by atoms with Crippen LogP contribution in [-0.4, -0.2) is 61.0 Å². The molecule has 100 valence electrons. The molecule has 0 aromatic rings. The van der Waals surface area contributed by atoms with Crippen molar-refractivity contribution >= 4 is 0 Å². The molecule has 0 aromatic heterocycles. The van der Waals surface area contributed by atoms with Gasteiger partial charge in [-0.3, -0.25) is 4.90 Å². The Labute approximate surface area is 104 Å². The molecule has 3 atom stereocenters. The molecule has 2 rings (SSSR count). The molecule has 0 saturated carbocycles. The Bertz CT molecular complexity index is 219. The van der Waals surface area contributed by atoms with Crippen molar-refractivity contribution < 1.29 is 9.84 Å². The zero-order valence-electron chi connectivity index (χ0n) is 10.9. The number of hydrogen-bond acceptors (Lipinski definition) is 4. The molecule has 4 heteroatoms. The van der Waals surface area contributed by atoms with Gasteiger partial charge in [-0.2, -0.15) is 0 Å². The SMILES string of the molecule is CCOCC(O)CN1CCCC1C1CCCN1. The highest BCUT2D eigenvalue weighted by Crippen LogP contribution is 2.24. The van der Waals surface area contributed by atoms with Crippen molar-refractivity contribution in [3.8, 4) is 0 Å². The molecule has 2 fully saturated rings. The van der Waals surface area contributed by atoms with Gasteiger partial charge < -0.3 is 15.2 Å². The number of likely N-dealkylation sites (tertiary alicyclic amines) is 1. The molecule has 0 radical (unpaired) electrons. The maximum absolute atomic E-state index is 9.91. The van der Waals surface area contributed by atoms with E-state index < -0.39 is 0 Å². The fourth-order valence-corrected chi connectivity index (χ4v) is 3.15. The van der Waals surface area contributed by atoms with Crippen LogP contribution in [0.2, 0.25) is 0 Å². The summed E-state index contributed by atoms with van der Waals surface area (Å²) in [7, 11) is 0. The standard InChI is InChI=1S/C13H26N2O2/c1-2-17-10-11(16)9-15-8-4-6-13(15)12-5-3-7-14-12/h11-14,16H,2-10H2,1H3. The molecule has 2 saturated heterocycles. The smallest absolute Gasteiger partial charge is 0.0900 e. The van der Waals surface area contributed by atoms with Crippen molar-refractivity contribution in [1.82, 2.24) is 10.2 Å². The summed E-state index contributed by atoms with van der Waals surface area (Å²) in [5, 5.41) is 13.5. The van der Waals surface area contributed by atoms with E-state index in [9.17, 15) is 5.11 Å². The third kappa shape index (κ3) is 3.65. The highest BCUT2D eigenvalue weighted by atomic mass is 16.5. The van der Waals surface area contributed by atoms with Gasteiger partial charge in [-0.25, -0.2) is 0 Å². The third-order valence-corrected chi connectivity index (χ3v) is 3.94. The van der Waals surface area contributed by atoms with E-state index in [1.54, 1.807) is 0 Å². The second-order valence-electron chi connectivity index (χ2n) is 5.22. The lowest BCUT2D eigenvalue weighted by Crippen LogP contribution is -2.47. The van der Waals surface area contributed by atoms with E-state index in [4.69, 9.17) is 4.74 Å². The van der Waals surface area contributed by atoms with Crippen LogP contribution >= 0.6 is 0 Å². The third-order valence-electron chi connectivity index (χ3n) is 3.94. The summed E-state index contributed by atoms with van der Waals surface area (Å²) in [5.41, 5.74) is 0. The number of β-amino-alcohol motifs (C(OH)–C–C–N with tert-alkyl or cyclic N) is 1. The summed E-state index contributed by atoms with van der Waals surface area (Å²) in [6, 6.07) is 1.28. The van der Waals surface area contributed by atoms with Crippen LogP contribution in [0.4, 0.5) is 0 Å². The summed E-state index contributed by atoms with van der Waals surface area (Å²) < 4.78 is 5.27. The predicted molar refractivity (Wildman–Crippen MR) is 68.1 cm³/mol. The Kier molecular flexibility index (Phi) is 5.22. The van der Waals surface area contributed by atoms with Crippen molar-refractivity contribution in [2.45, 2.75) is 50.8 Å². The Morgan fingerprint density at radius 3 is 3.00 bits per heavy atom. The molecule has 0 amide bonds. The second-order valence-corrected chi connectivity index (χ2v) is 5.22. The van der Waals surface area contributed by atoms with Crippen LogP contribution in [0.1, 0.15) is 32.6 Å². The zero-order chi connectivity index (χ0) is 12.1. The van der Waals surface area contributed by atoms with Gasteiger partial charge in [-0.1, -0.05) is 0 Å². The summed E-state index contributed by atoms with van der Waals surface area (Å²) in [6.45, 7) is 6.18. The number of rotatable bonds is 6. The van der Waals surface area contributed by atoms with Crippen molar-refractivity contribution in [2.75, 3.05) is 32.8 Å². The van der Waals surface area contributed by atoms with Gasteiger partial charge in [0, 0.05) is 25.2 Å². The first-order chi connectivity index (χ1) is 8.31. The van der Waals surface area contributed by atoms with E-state index in [0.29, 0.717) is 25.3 Å². The fourth-order valence-electron chi connectivity index (χ4n) is 3.15. The Hall–Kier alpha value is -0.160. The molecule has 2 aliphatic rings. The molecular weight excluding hydrogens is 216 g/mol. The maximum atomic E-state index is 9.91. The van der Waals surface area contributed by atoms with Gasteiger partial charge in [0.1, 0.15) is 0 Å². The molecular formula is C13H26N2O2. The number of aliphatic hydroxyl groups excluding tert-OH is 1. The average molecular weight is 242 g/mol. The molecule has 2 aliphatic heterocycles. The van der Waals surface area contributed by atoms with E-state index in [1.807, 2.05) is 6.92 Å². The van der Waals surface area contributed by atoms with Gasteiger partial charge in [-0.15, -0.1) is 0 Å². The van der Waals surface area contributed by atoms with Gasteiger partial charge in [0.15, 0.2) is 0 Å². The van der Waals surface area contributed by atoms with Crippen LogP contribution in [-0.2, 0) is 4.74 Å². The number of nitrogens with zero attached hydrogens (tertiary/aromatic N) is 1. The topological polar surface area (TPSA) is 44.7 Å². The minimum Gasteiger partial charge on any atom is -0.389 e. The van der Waals surface area contributed by atoms with Crippen LogP contribution in [0.5, 0.6) is 0 Å². The van der Waals surface area contributed by atoms with E-state index in [-0.39, 0.29) is 6.10 Å². The largest absolute Gasteiger partial charge is 0.389 e. The first-order valence-corrected chi connectivity index (χ1v) is 7.04. The summed E-state index contributed by atoms with van der Waals surface area (Å²) in [5.74, 6) is 0. The van der Waals surface area contributed by atoms with Gasteiger partial charge >= 0.3 is 0 Å². The average Bonchev–Trinajstić information content (AvgIpc) is 2.95. The van der Waals surface area contributed by atoms with Crippen molar-refractivity contribution in [3.05, 3.63) is 0 Å². The van der Waals surface area contributed by atoms with E-state index in [2.05, 4.69) is 10.2 Å². The van der Waals surface area contributed by atoms with Crippen LogP contribution in [0, 0.1) is 0 Å². The monoisotopic (exact) mass is 242 g/mol. The highest BCUT2D eigenvalue weighted by molar-refractivity contribution is 4.92. The Morgan fingerprint density at radius 2 is 2.29 bits per heavy atom. The molecule has 4 nitrogen and oxygen atoms in total. The maximum Gasteiger partial charge on any atom is 0.0900 e. The van der Waals surface area contributed by atoms with Crippen LogP contribution < -0.4 is 5.32 Å². The van der Waals surface area contributed by atoms with E-state index in [0.717, 1.165) is 19.6 Å². The molecule has 0 bridgehead atoms. The Balaban J connectivity index is 1.78. The minimum atomic E-state index is -0.336. The van der Waals surface area contributed by atoms with Gasteiger partial charge in [0.05, 0.1) is 12.7 Å². The molecule has 2 heterocycles. The van der Waals surface area contributed by atoms with E-state index >= 15 is 0 Å². The fraction of sp³-hybridized carbons (Fsp3) is 1.00. The first kappa shape index (κ1) is 13.3. The van der Waals surface area contributed by atoms with Gasteiger partial charge in [0.2, 0.25) is 0 Å². The van der Waals surface area contributed by atoms with E-state index in [1.165, 1.54) is 25.7 Å². The highest BCUT2D eigenvalue weighted by Gasteiger charge is 2.33. The molecule has 0 aromatic carbocycles. The number of ether oxygens (including phenoxy) is 1. The summed E-state index contributed by atoms with van der Waals surface area (Å²) >= 11 is 0. The lowest BCUT2D eigenvalue weighted by Gasteiger charge is -2.30. The lowest BCUT2D eigenvalue weighted by atomic mass is 10.0. The normalized spacial score (nSPS) is 32.1. The number of hydrogen-bond donors (Lipinski definition) is 2. The molecule has 2 N–H and O–H groups in total. The quantitative estimate of drug-likeness (QED) is 0.716. The molecule has 17 heavy (non-hydrogen) atoms. The minimum absolute atomic E-state index is 0.336. The lowest BCUT2D eigenvalue weighted by molar-refractivity contribution is 0.0164. The van der Waals surface area contributed by atoms with Crippen molar-refractivity contribution in [3.63, 3.8) is 0 Å². The summed E-state index contributed by atoms with van der Waals surface area (Å²) in [6.07, 6.45) is 4.81. The summed E-state index contributed by atoms with van der Waals surface area (Å²) in [4.78, 5) is 2.45. The molecule has 0 aliphatic carbocycles. The molecule has 3 unspecified atom stereocenters. The van der Waals surface area contributed by atoms with Crippen molar-refractivity contribution in [2.24, 2.45) is 0 Å². The zero-order valence-corrected chi connectivity index (χ0v) is 10.9. The first-order valence-electron chi connectivity index (χ1n) is 7.04. The predicted octanol–water partition coefficient (Wildman–Crippen LogP) is 0.600.